The number of hydrogen-bond acceptors (Lipinski definition) is 3. The molecule has 0 amide bonds. The first-order valence-corrected chi connectivity index (χ1v) is 5.81. The van der Waals surface area contributed by atoms with Crippen molar-refractivity contribution in [3.8, 4) is 0 Å². The Balaban J connectivity index is 2.23. The number of H-pyrrole nitrogens is 1. The topological polar surface area (TPSA) is 57.9 Å². The number of nitrogen functional groups attached to an aromatic ring is 1. The summed E-state index contributed by atoms with van der Waals surface area (Å²) in [5.74, 6) is 2.58. The molecule has 4 heteroatoms. The van der Waals surface area contributed by atoms with Gasteiger partial charge in [-0.05, 0) is 32.6 Å². The summed E-state index contributed by atoms with van der Waals surface area (Å²) in [6, 6.07) is 0.615. The molecule has 0 aromatic carbocycles. The maximum Gasteiger partial charge on any atom is 0.171 e. The van der Waals surface area contributed by atoms with Crippen molar-refractivity contribution >= 4 is 11.6 Å². The first-order chi connectivity index (χ1) is 7.22. The molecule has 1 atom stereocenters. The zero-order chi connectivity index (χ0) is 10.8. The molecule has 2 rings (SSSR count). The maximum atomic E-state index is 5.93. The van der Waals surface area contributed by atoms with Crippen LogP contribution in [0.1, 0.15) is 38.4 Å². The van der Waals surface area contributed by atoms with E-state index in [1.54, 1.807) is 0 Å². The SMILES string of the molecule is CCC1CCCCN1c1nc(C)[nH]c1N. The summed E-state index contributed by atoms with van der Waals surface area (Å²) in [7, 11) is 0. The van der Waals surface area contributed by atoms with Gasteiger partial charge in [-0.25, -0.2) is 4.98 Å². The molecule has 2 heterocycles. The van der Waals surface area contributed by atoms with E-state index in [4.69, 9.17) is 5.73 Å². The third-order valence-corrected chi connectivity index (χ3v) is 3.20. The summed E-state index contributed by atoms with van der Waals surface area (Å²) in [4.78, 5) is 9.92. The third-order valence-electron chi connectivity index (χ3n) is 3.20. The van der Waals surface area contributed by atoms with E-state index < -0.39 is 0 Å². The Morgan fingerprint density at radius 3 is 2.93 bits per heavy atom. The zero-order valence-corrected chi connectivity index (χ0v) is 9.58. The van der Waals surface area contributed by atoms with Gasteiger partial charge in [0.25, 0.3) is 0 Å². The Morgan fingerprint density at radius 2 is 2.33 bits per heavy atom. The largest absolute Gasteiger partial charge is 0.382 e. The summed E-state index contributed by atoms with van der Waals surface area (Å²) in [6.45, 7) is 5.27. The minimum Gasteiger partial charge on any atom is -0.382 e. The fraction of sp³-hybridized carbons (Fsp3) is 0.727. The maximum absolute atomic E-state index is 5.93. The summed E-state index contributed by atoms with van der Waals surface area (Å²) in [5, 5.41) is 0. The van der Waals surface area contributed by atoms with Crippen LogP contribution >= 0.6 is 0 Å². The molecule has 1 aromatic heterocycles. The first kappa shape index (κ1) is 10.3. The van der Waals surface area contributed by atoms with Crippen molar-refractivity contribution in [1.82, 2.24) is 9.97 Å². The molecule has 0 radical (unpaired) electrons. The van der Waals surface area contributed by atoms with E-state index in [1.165, 1.54) is 25.7 Å². The molecule has 1 saturated heterocycles. The Labute approximate surface area is 90.9 Å². The molecule has 15 heavy (non-hydrogen) atoms. The van der Waals surface area contributed by atoms with E-state index in [9.17, 15) is 0 Å². The number of aromatic nitrogens is 2. The minimum absolute atomic E-state index is 0.615. The van der Waals surface area contributed by atoms with Crippen LogP contribution in [-0.4, -0.2) is 22.6 Å². The fourth-order valence-corrected chi connectivity index (χ4v) is 2.42. The van der Waals surface area contributed by atoms with Crippen molar-refractivity contribution in [2.45, 2.75) is 45.6 Å². The summed E-state index contributed by atoms with van der Waals surface area (Å²) < 4.78 is 0. The van der Waals surface area contributed by atoms with Gasteiger partial charge in [0.05, 0.1) is 0 Å². The Bertz CT molecular complexity index is 331. The number of nitrogens with two attached hydrogens (primary N) is 1. The highest BCUT2D eigenvalue weighted by molar-refractivity contribution is 5.59. The van der Waals surface area contributed by atoms with Crippen molar-refractivity contribution < 1.29 is 0 Å². The average Bonchev–Trinajstić information content (AvgIpc) is 2.57. The van der Waals surface area contributed by atoms with Gasteiger partial charge in [0.1, 0.15) is 11.6 Å². The van der Waals surface area contributed by atoms with Crippen LogP contribution in [0.4, 0.5) is 11.6 Å². The molecule has 84 valence electrons. The molecular formula is C11H20N4. The number of nitrogens with one attached hydrogen (secondary N) is 1. The van der Waals surface area contributed by atoms with E-state index in [1.807, 2.05) is 6.92 Å². The third kappa shape index (κ3) is 1.94. The van der Waals surface area contributed by atoms with Crippen molar-refractivity contribution in [1.29, 1.82) is 0 Å². The number of imidazole rings is 1. The van der Waals surface area contributed by atoms with E-state index in [-0.39, 0.29) is 0 Å². The Hall–Kier alpha value is -1.19. The van der Waals surface area contributed by atoms with Gasteiger partial charge in [0.15, 0.2) is 5.82 Å². The van der Waals surface area contributed by atoms with Crippen LogP contribution in [-0.2, 0) is 0 Å². The number of anilines is 2. The fourth-order valence-electron chi connectivity index (χ4n) is 2.42. The van der Waals surface area contributed by atoms with E-state index in [0.717, 1.165) is 18.2 Å². The van der Waals surface area contributed by atoms with Crippen LogP contribution < -0.4 is 10.6 Å². The van der Waals surface area contributed by atoms with E-state index in [2.05, 4.69) is 21.8 Å². The van der Waals surface area contributed by atoms with Crippen LogP contribution in [0.25, 0.3) is 0 Å². The number of nitrogens with zero attached hydrogens (tertiary/aromatic N) is 2. The lowest BCUT2D eigenvalue weighted by molar-refractivity contribution is 0.447. The normalized spacial score (nSPS) is 22.0. The van der Waals surface area contributed by atoms with E-state index >= 15 is 0 Å². The lowest BCUT2D eigenvalue weighted by Gasteiger charge is -2.35. The number of piperidine rings is 1. The Kier molecular flexibility index (Phi) is 2.84. The lowest BCUT2D eigenvalue weighted by atomic mass is 10.0. The predicted molar refractivity (Wildman–Crippen MR) is 63.0 cm³/mol. The number of aryl methyl sites for hydroxylation is 1. The molecule has 0 saturated carbocycles. The molecule has 4 nitrogen and oxygen atoms in total. The molecule has 1 aliphatic heterocycles. The second-order valence-corrected chi connectivity index (χ2v) is 4.31. The molecule has 1 aliphatic rings. The van der Waals surface area contributed by atoms with Crippen LogP contribution in [0.2, 0.25) is 0 Å². The van der Waals surface area contributed by atoms with Gasteiger partial charge in [-0.3, -0.25) is 0 Å². The predicted octanol–water partition coefficient (Wildman–Crippen LogP) is 2.07. The van der Waals surface area contributed by atoms with Gasteiger partial charge in [-0.1, -0.05) is 6.92 Å². The summed E-state index contributed by atoms with van der Waals surface area (Å²) in [6.07, 6.45) is 5.02. The molecule has 0 spiro atoms. The van der Waals surface area contributed by atoms with Gasteiger partial charge >= 0.3 is 0 Å². The summed E-state index contributed by atoms with van der Waals surface area (Å²) in [5.41, 5.74) is 5.93. The molecule has 0 bridgehead atoms. The lowest BCUT2D eigenvalue weighted by Crippen LogP contribution is -2.39. The number of rotatable bonds is 2. The van der Waals surface area contributed by atoms with Gasteiger partial charge in [0, 0.05) is 12.6 Å². The highest BCUT2D eigenvalue weighted by Gasteiger charge is 2.24. The second kappa shape index (κ2) is 4.13. The van der Waals surface area contributed by atoms with Crippen LogP contribution in [0.5, 0.6) is 0 Å². The number of hydrogen-bond donors (Lipinski definition) is 2. The van der Waals surface area contributed by atoms with Crippen LogP contribution in [0, 0.1) is 6.92 Å². The number of aromatic amines is 1. The van der Waals surface area contributed by atoms with Gasteiger partial charge in [-0.2, -0.15) is 0 Å². The summed E-state index contributed by atoms with van der Waals surface area (Å²) >= 11 is 0. The standard InChI is InChI=1S/C11H20N4/c1-3-9-6-4-5-7-15(9)11-10(12)13-8(2)14-11/h9H,3-7,12H2,1-2H3,(H,13,14). The second-order valence-electron chi connectivity index (χ2n) is 4.31. The van der Waals surface area contributed by atoms with Crippen LogP contribution in [0.15, 0.2) is 0 Å². The van der Waals surface area contributed by atoms with Gasteiger partial charge in [0.2, 0.25) is 0 Å². The molecule has 1 aromatic rings. The zero-order valence-electron chi connectivity index (χ0n) is 9.58. The highest BCUT2D eigenvalue weighted by Crippen LogP contribution is 2.28. The highest BCUT2D eigenvalue weighted by atomic mass is 15.3. The minimum atomic E-state index is 0.615. The molecule has 0 aliphatic carbocycles. The molecule has 1 unspecified atom stereocenters. The Morgan fingerprint density at radius 1 is 1.53 bits per heavy atom. The molecular weight excluding hydrogens is 188 g/mol. The molecule has 1 fully saturated rings. The van der Waals surface area contributed by atoms with Gasteiger partial charge < -0.3 is 15.6 Å². The quantitative estimate of drug-likeness (QED) is 0.782. The monoisotopic (exact) mass is 208 g/mol. The molecule has 3 N–H and O–H groups in total. The average molecular weight is 208 g/mol. The van der Waals surface area contributed by atoms with Crippen LogP contribution in [0.3, 0.4) is 0 Å². The van der Waals surface area contributed by atoms with E-state index in [0.29, 0.717) is 11.9 Å². The van der Waals surface area contributed by atoms with Crippen molar-refractivity contribution in [3.63, 3.8) is 0 Å². The smallest absolute Gasteiger partial charge is 0.171 e. The van der Waals surface area contributed by atoms with Crippen molar-refractivity contribution in [2.75, 3.05) is 17.2 Å². The van der Waals surface area contributed by atoms with Crippen molar-refractivity contribution in [2.24, 2.45) is 0 Å². The van der Waals surface area contributed by atoms with Gasteiger partial charge in [-0.15, -0.1) is 0 Å². The first-order valence-electron chi connectivity index (χ1n) is 5.81. The van der Waals surface area contributed by atoms with Crippen molar-refractivity contribution in [3.05, 3.63) is 5.82 Å².